The topological polar surface area (TPSA) is 85.1 Å². The van der Waals surface area contributed by atoms with Crippen molar-refractivity contribution < 1.29 is 9.59 Å². The third-order valence-electron chi connectivity index (χ3n) is 2.83. The molecule has 20 heavy (non-hydrogen) atoms. The average molecular weight is 269 g/mol. The van der Waals surface area contributed by atoms with Gasteiger partial charge in [-0.2, -0.15) is 0 Å². The molecule has 2 aromatic rings. The van der Waals surface area contributed by atoms with Crippen LogP contribution in [0.25, 0.3) is 0 Å². The molecule has 0 aliphatic rings. The largest absolute Gasteiger partial charge is 0.368 e. The molecular formula is C15H15N3O2. The summed E-state index contributed by atoms with van der Waals surface area (Å²) in [7, 11) is 0. The van der Waals surface area contributed by atoms with E-state index in [0.29, 0.717) is 6.42 Å². The molecule has 0 radical (unpaired) electrons. The van der Waals surface area contributed by atoms with Gasteiger partial charge in [-0.1, -0.05) is 36.4 Å². The summed E-state index contributed by atoms with van der Waals surface area (Å²) >= 11 is 0. The molecule has 0 saturated heterocycles. The standard InChI is InChI=1S/C15H15N3O2/c16-14(19)13(10-11-6-2-1-3-7-11)18-15(20)12-8-4-5-9-17-12/h1-9,13H,10H2,(H2,16,19)(H,18,20)/t13-/m1/s1. The molecule has 0 aliphatic carbocycles. The first-order valence-corrected chi connectivity index (χ1v) is 6.22. The Morgan fingerprint density at radius 3 is 2.40 bits per heavy atom. The molecular weight excluding hydrogens is 254 g/mol. The SMILES string of the molecule is NC(=O)[C@@H](Cc1ccccc1)NC(=O)c1ccccn1. The van der Waals surface area contributed by atoms with E-state index in [9.17, 15) is 9.59 Å². The number of hydrogen-bond acceptors (Lipinski definition) is 3. The Morgan fingerprint density at radius 1 is 1.10 bits per heavy atom. The van der Waals surface area contributed by atoms with E-state index in [0.717, 1.165) is 5.56 Å². The number of rotatable bonds is 5. The highest BCUT2D eigenvalue weighted by Gasteiger charge is 2.19. The van der Waals surface area contributed by atoms with Crippen LogP contribution < -0.4 is 11.1 Å². The van der Waals surface area contributed by atoms with Crippen molar-refractivity contribution in [1.29, 1.82) is 0 Å². The maximum absolute atomic E-state index is 12.0. The predicted octanol–water partition coefficient (Wildman–Crippen LogP) is 0.908. The van der Waals surface area contributed by atoms with Crippen molar-refractivity contribution in [3.05, 3.63) is 66.0 Å². The predicted molar refractivity (Wildman–Crippen MR) is 74.8 cm³/mol. The zero-order valence-electron chi connectivity index (χ0n) is 10.8. The minimum atomic E-state index is -0.757. The molecule has 0 aliphatic heterocycles. The Kier molecular flexibility index (Phi) is 4.44. The van der Waals surface area contributed by atoms with E-state index in [4.69, 9.17) is 5.73 Å². The average Bonchev–Trinajstić information content (AvgIpc) is 2.48. The quantitative estimate of drug-likeness (QED) is 0.846. The van der Waals surface area contributed by atoms with Crippen molar-refractivity contribution in [3.63, 3.8) is 0 Å². The fourth-order valence-corrected chi connectivity index (χ4v) is 1.80. The lowest BCUT2D eigenvalue weighted by molar-refractivity contribution is -0.119. The Hall–Kier alpha value is -2.69. The van der Waals surface area contributed by atoms with Gasteiger partial charge in [-0.3, -0.25) is 14.6 Å². The van der Waals surface area contributed by atoms with Gasteiger partial charge in [0.25, 0.3) is 5.91 Å². The van der Waals surface area contributed by atoms with Crippen molar-refractivity contribution in [1.82, 2.24) is 10.3 Å². The molecule has 0 bridgehead atoms. The highest BCUT2D eigenvalue weighted by Crippen LogP contribution is 2.04. The second-order valence-electron chi connectivity index (χ2n) is 4.33. The van der Waals surface area contributed by atoms with Gasteiger partial charge in [0.05, 0.1) is 0 Å². The van der Waals surface area contributed by atoms with Crippen molar-refractivity contribution in [2.24, 2.45) is 5.73 Å². The van der Waals surface area contributed by atoms with Crippen LogP contribution in [0.5, 0.6) is 0 Å². The molecule has 0 fully saturated rings. The number of benzene rings is 1. The molecule has 102 valence electrons. The minimum absolute atomic E-state index is 0.256. The van der Waals surface area contributed by atoms with Crippen LogP contribution in [-0.4, -0.2) is 22.8 Å². The molecule has 5 nitrogen and oxygen atoms in total. The summed E-state index contributed by atoms with van der Waals surface area (Å²) in [6.07, 6.45) is 1.88. The molecule has 5 heteroatoms. The Bertz CT molecular complexity index is 585. The molecule has 2 rings (SSSR count). The van der Waals surface area contributed by atoms with Crippen LogP contribution in [0.3, 0.4) is 0 Å². The Balaban J connectivity index is 2.07. The summed E-state index contributed by atoms with van der Waals surface area (Å²) in [5.74, 6) is -0.983. The van der Waals surface area contributed by atoms with Gasteiger partial charge in [-0.25, -0.2) is 0 Å². The lowest BCUT2D eigenvalue weighted by atomic mass is 10.1. The van der Waals surface area contributed by atoms with Crippen LogP contribution in [0, 0.1) is 0 Å². The molecule has 1 aromatic carbocycles. The second-order valence-corrected chi connectivity index (χ2v) is 4.33. The monoisotopic (exact) mass is 269 g/mol. The highest BCUT2D eigenvalue weighted by atomic mass is 16.2. The maximum Gasteiger partial charge on any atom is 0.270 e. The van der Waals surface area contributed by atoms with Gasteiger partial charge in [0.1, 0.15) is 11.7 Å². The number of carbonyl (C=O) groups excluding carboxylic acids is 2. The van der Waals surface area contributed by atoms with Crippen LogP contribution in [0.15, 0.2) is 54.7 Å². The van der Waals surface area contributed by atoms with Crippen LogP contribution >= 0.6 is 0 Å². The lowest BCUT2D eigenvalue weighted by Gasteiger charge is -2.15. The lowest BCUT2D eigenvalue weighted by Crippen LogP contribution is -2.46. The van der Waals surface area contributed by atoms with Crippen molar-refractivity contribution in [2.45, 2.75) is 12.5 Å². The van der Waals surface area contributed by atoms with Crippen molar-refractivity contribution >= 4 is 11.8 Å². The second kappa shape index (κ2) is 6.47. The number of primary amides is 1. The molecule has 1 atom stereocenters. The zero-order valence-corrected chi connectivity index (χ0v) is 10.8. The summed E-state index contributed by atoms with van der Waals surface area (Å²) in [5, 5.41) is 2.61. The van der Waals surface area contributed by atoms with E-state index >= 15 is 0 Å². The molecule has 0 spiro atoms. The minimum Gasteiger partial charge on any atom is -0.368 e. The zero-order chi connectivity index (χ0) is 14.4. The van der Waals surface area contributed by atoms with E-state index in [2.05, 4.69) is 10.3 Å². The fraction of sp³-hybridized carbons (Fsp3) is 0.133. The van der Waals surface area contributed by atoms with Gasteiger partial charge in [0.15, 0.2) is 0 Å². The molecule has 0 unspecified atom stereocenters. The third-order valence-corrected chi connectivity index (χ3v) is 2.83. The van der Waals surface area contributed by atoms with E-state index in [-0.39, 0.29) is 5.69 Å². The number of carbonyl (C=O) groups is 2. The summed E-state index contributed by atoms with van der Waals surface area (Å²) in [5.41, 5.74) is 6.52. The number of pyridine rings is 1. The first-order chi connectivity index (χ1) is 9.66. The smallest absolute Gasteiger partial charge is 0.270 e. The molecule has 3 N–H and O–H groups in total. The van der Waals surface area contributed by atoms with Crippen LogP contribution in [0.4, 0.5) is 0 Å². The van der Waals surface area contributed by atoms with Crippen molar-refractivity contribution in [2.75, 3.05) is 0 Å². The number of nitrogens with one attached hydrogen (secondary N) is 1. The van der Waals surface area contributed by atoms with E-state index in [1.165, 1.54) is 6.20 Å². The highest BCUT2D eigenvalue weighted by molar-refractivity contribution is 5.95. The first kappa shape index (κ1) is 13.7. The first-order valence-electron chi connectivity index (χ1n) is 6.22. The normalized spacial score (nSPS) is 11.6. The Morgan fingerprint density at radius 2 is 1.80 bits per heavy atom. The number of nitrogens with two attached hydrogens (primary N) is 1. The molecule has 2 amide bonds. The number of hydrogen-bond donors (Lipinski definition) is 2. The summed E-state index contributed by atoms with van der Waals surface area (Å²) in [6.45, 7) is 0. The van der Waals surface area contributed by atoms with Crippen LogP contribution in [0.2, 0.25) is 0 Å². The molecule has 0 saturated carbocycles. The van der Waals surface area contributed by atoms with Gasteiger partial charge in [0, 0.05) is 12.6 Å². The maximum atomic E-state index is 12.0. The summed E-state index contributed by atoms with van der Waals surface area (Å²) < 4.78 is 0. The number of aromatic nitrogens is 1. The van der Waals surface area contributed by atoms with Crippen LogP contribution in [-0.2, 0) is 11.2 Å². The van der Waals surface area contributed by atoms with E-state index in [1.807, 2.05) is 30.3 Å². The van der Waals surface area contributed by atoms with E-state index < -0.39 is 17.9 Å². The number of nitrogens with zero attached hydrogens (tertiary/aromatic N) is 1. The van der Waals surface area contributed by atoms with Gasteiger partial charge in [-0.05, 0) is 17.7 Å². The van der Waals surface area contributed by atoms with Gasteiger partial charge in [0.2, 0.25) is 5.91 Å². The van der Waals surface area contributed by atoms with Gasteiger partial charge < -0.3 is 11.1 Å². The fourth-order valence-electron chi connectivity index (χ4n) is 1.80. The van der Waals surface area contributed by atoms with Gasteiger partial charge in [-0.15, -0.1) is 0 Å². The molecule has 1 aromatic heterocycles. The summed E-state index contributed by atoms with van der Waals surface area (Å²) in [4.78, 5) is 27.4. The van der Waals surface area contributed by atoms with Gasteiger partial charge >= 0.3 is 0 Å². The third kappa shape index (κ3) is 3.65. The molecule has 1 heterocycles. The Labute approximate surface area is 116 Å². The van der Waals surface area contributed by atoms with Crippen molar-refractivity contribution in [3.8, 4) is 0 Å². The van der Waals surface area contributed by atoms with Crippen LogP contribution in [0.1, 0.15) is 16.1 Å². The number of amides is 2. The van der Waals surface area contributed by atoms with E-state index in [1.54, 1.807) is 18.2 Å². The summed E-state index contributed by atoms with van der Waals surface area (Å²) in [6, 6.07) is 13.6.